The van der Waals surface area contributed by atoms with Gasteiger partial charge in [0.2, 0.25) is 0 Å². The second kappa shape index (κ2) is 5.73. The van der Waals surface area contributed by atoms with Gasteiger partial charge in [-0.2, -0.15) is 0 Å². The van der Waals surface area contributed by atoms with Gasteiger partial charge >= 0.3 is 5.97 Å². The van der Waals surface area contributed by atoms with E-state index in [1.54, 1.807) is 14.0 Å². The van der Waals surface area contributed by atoms with Crippen molar-refractivity contribution in [3.05, 3.63) is 24.3 Å². The summed E-state index contributed by atoms with van der Waals surface area (Å²) in [4.78, 5) is 13.4. The summed E-state index contributed by atoms with van der Waals surface area (Å²) in [5, 5.41) is 0. The Morgan fingerprint density at radius 1 is 1.44 bits per heavy atom. The monoisotopic (exact) mass is 252 g/mol. The van der Waals surface area contributed by atoms with Crippen molar-refractivity contribution in [3.63, 3.8) is 0 Å². The van der Waals surface area contributed by atoms with E-state index < -0.39 is 11.5 Å². The third-order valence-electron chi connectivity index (χ3n) is 2.71. The maximum atomic E-state index is 11.5. The Morgan fingerprint density at radius 3 is 2.67 bits per heavy atom. The zero-order chi connectivity index (χ0) is 13.8. The van der Waals surface area contributed by atoms with Crippen molar-refractivity contribution in [1.29, 1.82) is 0 Å². The third-order valence-corrected chi connectivity index (χ3v) is 2.71. The van der Waals surface area contributed by atoms with Gasteiger partial charge in [0, 0.05) is 25.3 Å². The van der Waals surface area contributed by atoms with Crippen LogP contribution in [0.5, 0.6) is 5.75 Å². The molecule has 1 atom stereocenters. The highest BCUT2D eigenvalue weighted by Gasteiger charge is 2.31. The molecule has 0 saturated carbocycles. The molecule has 0 amide bonds. The Labute approximate surface area is 107 Å². The van der Waals surface area contributed by atoms with Crippen molar-refractivity contribution < 1.29 is 14.3 Å². The SMILES string of the molecule is COC(=O)C(C)(N)CN(C)c1cccc(OC)c1. The first-order valence-electron chi connectivity index (χ1n) is 5.63. The number of carbonyl (C=O) groups excluding carboxylic acids is 1. The summed E-state index contributed by atoms with van der Waals surface area (Å²) in [5.41, 5.74) is 5.81. The van der Waals surface area contributed by atoms with Gasteiger partial charge in [0.25, 0.3) is 0 Å². The Bertz CT molecular complexity index is 418. The van der Waals surface area contributed by atoms with Gasteiger partial charge in [-0.1, -0.05) is 6.07 Å². The molecule has 0 spiro atoms. The van der Waals surface area contributed by atoms with E-state index in [1.807, 2.05) is 36.2 Å². The summed E-state index contributed by atoms with van der Waals surface area (Å²) in [6.45, 7) is 2.00. The number of nitrogens with zero attached hydrogens (tertiary/aromatic N) is 1. The number of hydrogen-bond acceptors (Lipinski definition) is 5. The van der Waals surface area contributed by atoms with E-state index in [1.165, 1.54) is 7.11 Å². The quantitative estimate of drug-likeness (QED) is 0.793. The molecule has 18 heavy (non-hydrogen) atoms. The minimum Gasteiger partial charge on any atom is -0.497 e. The number of anilines is 1. The van der Waals surface area contributed by atoms with Gasteiger partial charge in [-0.15, -0.1) is 0 Å². The molecule has 0 aliphatic rings. The fourth-order valence-corrected chi connectivity index (χ4v) is 1.73. The summed E-state index contributed by atoms with van der Waals surface area (Å²) >= 11 is 0. The molecule has 1 aromatic rings. The Morgan fingerprint density at radius 2 is 2.11 bits per heavy atom. The van der Waals surface area contributed by atoms with Crippen molar-refractivity contribution in [3.8, 4) is 5.75 Å². The lowest BCUT2D eigenvalue weighted by molar-refractivity contribution is -0.145. The molecule has 0 heterocycles. The molecule has 0 aliphatic carbocycles. The second-order valence-electron chi connectivity index (χ2n) is 4.47. The molecular weight excluding hydrogens is 232 g/mol. The normalized spacial score (nSPS) is 13.6. The highest BCUT2D eigenvalue weighted by Crippen LogP contribution is 2.21. The first-order valence-corrected chi connectivity index (χ1v) is 5.63. The van der Waals surface area contributed by atoms with Crippen molar-refractivity contribution >= 4 is 11.7 Å². The molecule has 0 aromatic heterocycles. The van der Waals surface area contributed by atoms with Crippen LogP contribution in [0.25, 0.3) is 0 Å². The molecule has 1 aromatic carbocycles. The number of hydrogen-bond donors (Lipinski definition) is 1. The van der Waals surface area contributed by atoms with Crippen molar-refractivity contribution in [2.45, 2.75) is 12.5 Å². The van der Waals surface area contributed by atoms with Crippen LogP contribution in [0, 0.1) is 0 Å². The van der Waals surface area contributed by atoms with Crippen LogP contribution in [-0.4, -0.2) is 39.3 Å². The van der Waals surface area contributed by atoms with Crippen LogP contribution in [-0.2, 0) is 9.53 Å². The van der Waals surface area contributed by atoms with Crippen LogP contribution in [0.3, 0.4) is 0 Å². The average molecular weight is 252 g/mol. The Hall–Kier alpha value is -1.75. The molecule has 1 rings (SSSR count). The molecule has 2 N–H and O–H groups in total. The summed E-state index contributed by atoms with van der Waals surface area (Å²) in [7, 11) is 4.81. The maximum absolute atomic E-state index is 11.5. The number of esters is 1. The Kier molecular flexibility index (Phi) is 4.55. The summed E-state index contributed by atoms with van der Waals surface area (Å²) in [5.74, 6) is 0.327. The molecule has 0 aliphatic heterocycles. The number of carbonyl (C=O) groups is 1. The van der Waals surface area contributed by atoms with E-state index >= 15 is 0 Å². The first-order chi connectivity index (χ1) is 8.40. The molecule has 5 heteroatoms. The number of methoxy groups -OCH3 is 2. The summed E-state index contributed by atoms with van der Waals surface area (Å²) < 4.78 is 9.84. The van der Waals surface area contributed by atoms with E-state index in [-0.39, 0.29) is 0 Å². The molecular formula is C13H20N2O3. The van der Waals surface area contributed by atoms with Gasteiger partial charge in [0.1, 0.15) is 11.3 Å². The molecule has 0 radical (unpaired) electrons. The topological polar surface area (TPSA) is 64.8 Å². The number of likely N-dealkylation sites (N-methyl/N-ethyl adjacent to an activating group) is 1. The van der Waals surface area contributed by atoms with Gasteiger partial charge in [-0.3, -0.25) is 4.79 Å². The molecule has 100 valence electrons. The highest BCUT2D eigenvalue weighted by molar-refractivity contribution is 5.80. The fourth-order valence-electron chi connectivity index (χ4n) is 1.73. The zero-order valence-electron chi connectivity index (χ0n) is 11.3. The van der Waals surface area contributed by atoms with Crippen LogP contribution < -0.4 is 15.4 Å². The lowest BCUT2D eigenvalue weighted by Crippen LogP contribution is -2.53. The number of rotatable bonds is 5. The van der Waals surface area contributed by atoms with Gasteiger partial charge in [0.15, 0.2) is 0 Å². The summed E-state index contributed by atoms with van der Waals surface area (Å²) in [6, 6.07) is 7.55. The van der Waals surface area contributed by atoms with Gasteiger partial charge in [-0.25, -0.2) is 0 Å². The Balaban J connectivity index is 2.81. The molecule has 0 bridgehead atoms. The second-order valence-corrected chi connectivity index (χ2v) is 4.47. The molecule has 5 nitrogen and oxygen atoms in total. The fraction of sp³-hybridized carbons (Fsp3) is 0.462. The lowest BCUT2D eigenvalue weighted by Gasteiger charge is -2.29. The largest absolute Gasteiger partial charge is 0.497 e. The third kappa shape index (κ3) is 3.37. The number of nitrogens with two attached hydrogens (primary N) is 1. The van der Waals surface area contributed by atoms with E-state index in [4.69, 9.17) is 10.5 Å². The predicted octanol–water partition coefficient (Wildman–Crippen LogP) is 1.02. The average Bonchev–Trinajstić information content (AvgIpc) is 2.37. The smallest absolute Gasteiger partial charge is 0.327 e. The van der Waals surface area contributed by atoms with Gasteiger partial charge < -0.3 is 20.1 Å². The van der Waals surface area contributed by atoms with Gasteiger partial charge in [0.05, 0.1) is 14.2 Å². The number of benzene rings is 1. The lowest BCUT2D eigenvalue weighted by atomic mass is 10.0. The highest BCUT2D eigenvalue weighted by atomic mass is 16.5. The minimum atomic E-state index is -1.05. The molecule has 0 saturated heterocycles. The van der Waals surface area contributed by atoms with Crippen molar-refractivity contribution in [1.82, 2.24) is 0 Å². The van der Waals surface area contributed by atoms with E-state index in [2.05, 4.69) is 4.74 Å². The molecule has 0 fully saturated rings. The first kappa shape index (κ1) is 14.3. The zero-order valence-corrected chi connectivity index (χ0v) is 11.3. The van der Waals surface area contributed by atoms with Crippen LogP contribution in [0.1, 0.15) is 6.92 Å². The van der Waals surface area contributed by atoms with Crippen LogP contribution >= 0.6 is 0 Å². The van der Waals surface area contributed by atoms with Crippen LogP contribution in [0.2, 0.25) is 0 Å². The van der Waals surface area contributed by atoms with E-state index in [0.29, 0.717) is 6.54 Å². The summed E-state index contributed by atoms with van der Waals surface area (Å²) in [6.07, 6.45) is 0. The van der Waals surface area contributed by atoms with E-state index in [9.17, 15) is 4.79 Å². The van der Waals surface area contributed by atoms with Crippen molar-refractivity contribution in [2.24, 2.45) is 5.73 Å². The minimum absolute atomic E-state index is 0.354. The van der Waals surface area contributed by atoms with E-state index in [0.717, 1.165) is 11.4 Å². The molecule has 1 unspecified atom stereocenters. The van der Waals surface area contributed by atoms with Gasteiger partial charge in [-0.05, 0) is 19.1 Å². The van der Waals surface area contributed by atoms with Crippen molar-refractivity contribution in [2.75, 3.05) is 32.7 Å². The maximum Gasteiger partial charge on any atom is 0.327 e. The van der Waals surface area contributed by atoms with Crippen LogP contribution in [0.15, 0.2) is 24.3 Å². The van der Waals surface area contributed by atoms with Crippen LogP contribution in [0.4, 0.5) is 5.69 Å². The number of ether oxygens (including phenoxy) is 2. The predicted molar refractivity (Wildman–Crippen MR) is 70.9 cm³/mol. The standard InChI is InChI=1S/C13H20N2O3/c1-13(14,12(16)18-4)9-15(2)10-6-5-7-11(8-10)17-3/h5-8H,9,14H2,1-4H3.